The summed E-state index contributed by atoms with van der Waals surface area (Å²) in [5, 5.41) is 24.9. The third kappa shape index (κ3) is 4.36. The zero-order valence-electron chi connectivity index (χ0n) is 16.8. The zero-order chi connectivity index (χ0) is 22.0. The third-order valence-corrected chi connectivity index (χ3v) is 5.29. The van der Waals surface area contributed by atoms with Gasteiger partial charge in [-0.25, -0.2) is 10.4 Å². The number of aromatic nitrogens is 4. The Bertz CT molecular complexity index is 960. The van der Waals surface area contributed by atoms with Crippen LogP contribution in [0.25, 0.3) is 11.2 Å². The van der Waals surface area contributed by atoms with Crippen molar-refractivity contribution in [2.75, 3.05) is 24.3 Å². The number of ketones is 1. The molecule has 13 heteroatoms. The summed E-state index contributed by atoms with van der Waals surface area (Å²) in [4.78, 5) is 24.8. The van der Waals surface area contributed by atoms with Crippen LogP contribution < -0.4 is 16.9 Å². The number of nitrogens with two attached hydrogens (primary N) is 2. The molecule has 0 aromatic carbocycles. The molecule has 2 aromatic rings. The second kappa shape index (κ2) is 9.20. The highest BCUT2D eigenvalue weighted by Crippen LogP contribution is 2.33. The molecule has 0 saturated carbocycles. The van der Waals surface area contributed by atoms with Gasteiger partial charge in [-0.3, -0.25) is 9.36 Å². The number of nitrogens with one attached hydrogen (secondary N) is 1. The van der Waals surface area contributed by atoms with Crippen LogP contribution in [0.3, 0.4) is 0 Å². The van der Waals surface area contributed by atoms with Crippen LogP contribution in [0.1, 0.15) is 31.9 Å². The fourth-order valence-electron chi connectivity index (χ4n) is 3.68. The SMILES string of the molecule is NCCC(=O)[C@H]1O[C@@H](n2cnc3c(N)nc(N/N=C/C4CCCCO4)nc32)[C@H](O)[C@@H]1O. The molecule has 0 radical (unpaired) electrons. The maximum atomic E-state index is 12.2. The first kappa shape index (κ1) is 21.5. The molecule has 0 bridgehead atoms. The van der Waals surface area contributed by atoms with Crippen LogP contribution in [-0.4, -0.2) is 79.3 Å². The Hall–Kier alpha value is -2.71. The van der Waals surface area contributed by atoms with E-state index in [9.17, 15) is 15.0 Å². The Balaban J connectivity index is 1.56. The maximum absolute atomic E-state index is 12.2. The Kier molecular flexibility index (Phi) is 6.38. The van der Waals surface area contributed by atoms with E-state index in [0.29, 0.717) is 6.61 Å². The fourth-order valence-corrected chi connectivity index (χ4v) is 3.68. The molecule has 31 heavy (non-hydrogen) atoms. The summed E-state index contributed by atoms with van der Waals surface area (Å²) >= 11 is 0. The van der Waals surface area contributed by atoms with E-state index >= 15 is 0 Å². The van der Waals surface area contributed by atoms with Crippen molar-refractivity contribution in [3.8, 4) is 0 Å². The molecule has 0 amide bonds. The average Bonchev–Trinajstić information content (AvgIpc) is 3.31. The highest BCUT2D eigenvalue weighted by Gasteiger charge is 2.47. The lowest BCUT2D eigenvalue weighted by molar-refractivity contribution is -0.135. The van der Waals surface area contributed by atoms with E-state index in [0.717, 1.165) is 19.3 Å². The molecule has 4 rings (SSSR count). The molecule has 2 aromatic heterocycles. The van der Waals surface area contributed by atoms with Crippen LogP contribution in [0.2, 0.25) is 0 Å². The predicted molar refractivity (Wildman–Crippen MR) is 110 cm³/mol. The first-order valence-electron chi connectivity index (χ1n) is 10.1. The van der Waals surface area contributed by atoms with E-state index in [1.165, 1.54) is 10.9 Å². The van der Waals surface area contributed by atoms with Crippen LogP contribution in [0, 0.1) is 0 Å². The number of Topliss-reactive ketones (excluding diaryl/α,β-unsaturated/α-hetero) is 1. The molecule has 13 nitrogen and oxygen atoms in total. The van der Waals surface area contributed by atoms with Gasteiger partial charge in [0.25, 0.3) is 0 Å². The van der Waals surface area contributed by atoms with Crippen LogP contribution in [0.4, 0.5) is 11.8 Å². The molecule has 4 heterocycles. The second-order valence-corrected chi connectivity index (χ2v) is 7.48. The molecular formula is C18H26N8O5. The molecule has 1 unspecified atom stereocenters. The predicted octanol–water partition coefficient (Wildman–Crippen LogP) is -1.09. The molecule has 168 valence electrons. The van der Waals surface area contributed by atoms with Gasteiger partial charge in [0.1, 0.15) is 23.8 Å². The minimum Gasteiger partial charge on any atom is -0.387 e. The number of hydrazone groups is 1. The number of nitrogen functional groups attached to an aromatic ring is 1. The lowest BCUT2D eigenvalue weighted by Gasteiger charge is -2.18. The van der Waals surface area contributed by atoms with Crippen molar-refractivity contribution in [2.45, 2.75) is 56.3 Å². The van der Waals surface area contributed by atoms with Crippen LogP contribution in [0.5, 0.6) is 0 Å². The number of fused-ring (bicyclic) bond motifs is 1. The molecule has 2 saturated heterocycles. The molecule has 5 atom stereocenters. The first-order valence-corrected chi connectivity index (χ1v) is 10.1. The van der Waals surface area contributed by atoms with Gasteiger partial charge in [0.15, 0.2) is 23.5 Å². The van der Waals surface area contributed by atoms with Gasteiger partial charge < -0.3 is 31.2 Å². The van der Waals surface area contributed by atoms with Crippen molar-refractivity contribution >= 4 is 34.9 Å². The van der Waals surface area contributed by atoms with Crippen molar-refractivity contribution in [3.05, 3.63) is 6.33 Å². The number of rotatable bonds is 7. The number of anilines is 2. The number of ether oxygens (including phenoxy) is 2. The van der Waals surface area contributed by atoms with Crippen molar-refractivity contribution in [1.82, 2.24) is 19.5 Å². The van der Waals surface area contributed by atoms with Crippen molar-refractivity contribution in [1.29, 1.82) is 0 Å². The quantitative estimate of drug-likeness (QED) is 0.262. The molecule has 2 aliphatic rings. The van der Waals surface area contributed by atoms with E-state index in [1.54, 1.807) is 6.21 Å². The van der Waals surface area contributed by atoms with E-state index in [1.807, 2.05) is 0 Å². The third-order valence-electron chi connectivity index (χ3n) is 5.29. The Morgan fingerprint density at radius 2 is 2.19 bits per heavy atom. The maximum Gasteiger partial charge on any atom is 0.247 e. The summed E-state index contributed by atoms with van der Waals surface area (Å²) in [6, 6.07) is 0. The molecular weight excluding hydrogens is 408 g/mol. The smallest absolute Gasteiger partial charge is 0.247 e. The van der Waals surface area contributed by atoms with Crippen LogP contribution in [0.15, 0.2) is 11.4 Å². The molecule has 2 fully saturated rings. The average molecular weight is 434 g/mol. The summed E-state index contributed by atoms with van der Waals surface area (Å²) in [5.41, 5.74) is 14.7. The Morgan fingerprint density at radius 3 is 2.94 bits per heavy atom. The fraction of sp³-hybridized carbons (Fsp3) is 0.611. The molecule has 0 aliphatic carbocycles. The Morgan fingerprint density at radius 1 is 1.35 bits per heavy atom. The highest BCUT2D eigenvalue weighted by molar-refractivity contribution is 5.85. The van der Waals surface area contributed by atoms with Gasteiger partial charge in [0.2, 0.25) is 5.95 Å². The minimum atomic E-state index is -1.40. The second-order valence-electron chi connectivity index (χ2n) is 7.48. The van der Waals surface area contributed by atoms with E-state index in [2.05, 4.69) is 25.5 Å². The van der Waals surface area contributed by atoms with E-state index < -0.39 is 30.3 Å². The largest absolute Gasteiger partial charge is 0.387 e. The normalized spacial score (nSPS) is 29.1. The van der Waals surface area contributed by atoms with E-state index in [-0.39, 0.29) is 42.0 Å². The molecule has 0 spiro atoms. The number of nitrogens with zero attached hydrogens (tertiary/aromatic N) is 5. The summed E-state index contributed by atoms with van der Waals surface area (Å²) in [7, 11) is 0. The van der Waals surface area contributed by atoms with Crippen LogP contribution >= 0.6 is 0 Å². The summed E-state index contributed by atoms with van der Waals surface area (Å²) < 4.78 is 12.6. The number of hydrogen-bond acceptors (Lipinski definition) is 12. The number of aliphatic hydroxyl groups excluding tert-OH is 2. The van der Waals surface area contributed by atoms with Gasteiger partial charge in [-0.1, -0.05) is 0 Å². The van der Waals surface area contributed by atoms with Gasteiger partial charge in [-0.2, -0.15) is 15.1 Å². The number of hydrogen-bond donors (Lipinski definition) is 5. The number of aliphatic hydroxyl groups is 2. The van der Waals surface area contributed by atoms with Crippen molar-refractivity contribution in [2.24, 2.45) is 10.8 Å². The number of carbonyl (C=O) groups is 1. The monoisotopic (exact) mass is 434 g/mol. The Labute approximate surface area is 177 Å². The van der Waals surface area contributed by atoms with E-state index in [4.69, 9.17) is 20.9 Å². The van der Waals surface area contributed by atoms with Gasteiger partial charge >= 0.3 is 0 Å². The highest BCUT2D eigenvalue weighted by atomic mass is 16.6. The summed E-state index contributed by atoms with van der Waals surface area (Å²) in [6.07, 6.45) is 0.905. The summed E-state index contributed by atoms with van der Waals surface area (Å²) in [6.45, 7) is 0.820. The van der Waals surface area contributed by atoms with Gasteiger partial charge in [0.05, 0.1) is 18.6 Å². The molecule has 2 aliphatic heterocycles. The first-order chi connectivity index (χ1) is 15.0. The summed E-state index contributed by atoms with van der Waals surface area (Å²) in [5.74, 6) is -0.182. The van der Waals surface area contributed by atoms with Gasteiger partial charge in [-0.15, -0.1) is 0 Å². The number of carbonyl (C=O) groups excluding carboxylic acids is 1. The minimum absolute atomic E-state index is 0.0255. The van der Waals surface area contributed by atoms with Gasteiger partial charge in [0, 0.05) is 13.0 Å². The molecule has 7 N–H and O–H groups in total. The topological polar surface area (TPSA) is 196 Å². The number of imidazole rings is 1. The lowest BCUT2D eigenvalue weighted by Crippen LogP contribution is -2.36. The van der Waals surface area contributed by atoms with Crippen LogP contribution in [-0.2, 0) is 14.3 Å². The lowest BCUT2D eigenvalue weighted by atomic mass is 10.0. The van der Waals surface area contributed by atoms with Crippen molar-refractivity contribution < 1.29 is 24.5 Å². The zero-order valence-corrected chi connectivity index (χ0v) is 16.8. The van der Waals surface area contributed by atoms with Crippen molar-refractivity contribution in [3.63, 3.8) is 0 Å². The standard InChI is InChI=1S/C18H26N8O5/c19-5-4-10(27)14-12(28)13(29)17(31-14)26-8-21-11-15(20)23-18(24-16(11)26)25-22-7-9-3-1-2-6-30-9/h7-9,12-14,17,28-29H,1-6,19H2,(H3,20,23,24,25)/b22-7+/t9?,12-,13+,14+,17+/m0/s1. The van der Waals surface area contributed by atoms with Gasteiger partial charge in [-0.05, 0) is 25.8 Å².